The molecule has 0 aromatic heterocycles. The number of carbonyl (C=O) groups is 5. The molecule has 12 heteroatoms. The second-order valence-corrected chi connectivity index (χ2v) is 7.06. The second kappa shape index (κ2) is 13.5. The molecule has 5 atom stereocenters. The molecule has 33 heavy (non-hydrogen) atoms. The number of Topliss-reactive ketones (excluding diaryl/α,β-unsaturated/α-hetero) is 1. The maximum absolute atomic E-state index is 12.1. The molecule has 1 rings (SSSR count). The Morgan fingerprint density at radius 2 is 1.36 bits per heavy atom. The molecule has 0 bridgehead atoms. The fraction of sp³-hybridized carbons (Fsp3) is 0.667. The van der Waals surface area contributed by atoms with Gasteiger partial charge in [0.05, 0.1) is 18.4 Å². The van der Waals surface area contributed by atoms with Crippen molar-refractivity contribution in [3.05, 3.63) is 11.8 Å². The van der Waals surface area contributed by atoms with E-state index in [9.17, 15) is 24.0 Å². The molecule has 0 amide bonds. The van der Waals surface area contributed by atoms with E-state index >= 15 is 0 Å². The minimum Gasteiger partial charge on any atom is -0.468 e. The summed E-state index contributed by atoms with van der Waals surface area (Å²) < 4.78 is 37.2. The average Bonchev–Trinajstić information content (AvgIpc) is 2.71. The van der Waals surface area contributed by atoms with Crippen LogP contribution in [0.4, 0.5) is 0 Å². The van der Waals surface area contributed by atoms with Gasteiger partial charge in [-0.25, -0.2) is 0 Å². The van der Waals surface area contributed by atoms with Gasteiger partial charge in [0.25, 0.3) is 0 Å². The number of hydrogen-bond donors (Lipinski definition) is 0. The van der Waals surface area contributed by atoms with Crippen LogP contribution in [0, 0.1) is 0 Å². The number of ether oxygens (including phenoxy) is 7. The minimum absolute atomic E-state index is 0.0576. The minimum atomic E-state index is -1.41. The molecular weight excluding hydrogens is 444 g/mol. The quantitative estimate of drug-likeness (QED) is 0.178. The molecule has 1 fully saturated rings. The predicted molar refractivity (Wildman–Crippen MR) is 108 cm³/mol. The molecule has 0 N–H and O–H groups in total. The first-order valence-corrected chi connectivity index (χ1v) is 10.2. The number of ketones is 1. The normalized spacial score (nSPS) is 24.9. The Balaban J connectivity index is 3.41. The summed E-state index contributed by atoms with van der Waals surface area (Å²) in [5, 5.41) is 0. The van der Waals surface area contributed by atoms with E-state index < -0.39 is 54.6 Å². The van der Waals surface area contributed by atoms with E-state index in [1.807, 2.05) is 0 Å². The van der Waals surface area contributed by atoms with Crippen molar-refractivity contribution in [3.8, 4) is 0 Å². The van der Waals surface area contributed by atoms with Crippen LogP contribution >= 0.6 is 0 Å². The van der Waals surface area contributed by atoms with E-state index in [-0.39, 0.29) is 31.0 Å². The van der Waals surface area contributed by atoms with E-state index in [0.717, 1.165) is 27.0 Å². The lowest BCUT2D eigenvalue weighted by molar-refractivity contribution is -0.297. The van der Waals surface area contributed by atoms with Crippen LogP contribution in [0.25, 0.3) is 0 Å². The third-order valence-electron chi connectivity index (χ3n) is 4.27. The third-order valence-corrected chi connectivity index (χ3v) is 4.27. The standard InChI is InChI=1S/C21H30O12/c1-7-16(26)15(8-27-6)9-29-21-20(32-14(5)25)19(31-13(4)24)18(30-12(3)23)17(33-21)10-28-11(2)22/h9,17-21H,7-8,10H2,1-6H3/b15-9+/t17-,18-,19+,20-,21-/m1/s1. The first kappa shape index (κ1) is 28.0. The molecule has 0 spiro atoms. The van der Waals surface area contributed by atoms with Crippen LogP contribution in [0.3, 0.4) is 0 Å². The Morgan fingerprint density at radius 3 is 1.85 bits per heavy atom. The fourth-order valence-corrected chi connectivity index (χ4v) is 3.01. The van der Waals surface area contributed by atoms with Crippen molar-refractivity contribution in [2.24, 2.45) is 0 Å². The van der Waals surface area contributed by atoms with Gasteiger partial charge >= 0.3 is 23.9 Å². The van der Waals surface area contributed by atoms with Gasteiger partial charge in [0.1, 0.15) is 12.7 Å². The Morgan fingerprint density at radius 1 is 0.818 bits per heavy atom. The van der Waals surface area contributed by atoms with Crippen LogP contribution in [0.5, 0.6) is 0 Å². The van der Waals surface area contributed by atoms with E-state index in [1.165, 1.54) is 14.0 Å². The van der Waals surface area contributed by atoms with Gasteiger partial charge in [-0.3, -0.25) is 24.0 Å². The zero-order valence-corrected chi connectivity index (χ0v) is 19.5. The lowest BCUT2D eigenvalue weighted by Gasteiger charge is -2.43. The average molecular weight is 474 g/mol. The maximum Gasteiger partial charge on any atom is 0.303 e. The summed E-state index contributed by atoms with van der Waals surface area (Å²) in [7, 11) is 1.39. The summed E-state index contributed by atoms with van der Waals surface area (Å²) in [5.74, 6) is -3.18. The van der Waals surface area contributed by atoms with E-state index in [4.69, 9.17) is 33.2 Å². The van der Waals surface area contributed by atoms with Gasteiger partial charge in [-0.1, -0.05) is 6.92 Å². The first-order valence-electron chi connectivity index (χ1n) is 10.2. The Labute approximate surface area is 191 Å². The van der Waals surface area contributed by atoms with Gasteiger partial charge in [-0.2, -0.15) is 0 Å². The fourth-order valence-electron chi connectivity index (χ4n) is 3.01. The van der Waals surface area contributed by atoms with Crippen molar-refractivity contribution >= 4 is 29.7 Å². The van der Waals surface area contributed by atoms with Gasteiger partial charge in [0.2, 0.25) is 12.4 Å². The lowest BCUT2D eigenvalue weighted by Crippen LogP contribution is -2.62. The van der Waals surface area contributed by atoms with E-state index in [0.29, 0.717) is 0 Å². The number of esters is 4. The highest BCUT2D eigenvalue weighted by Crippen LogP contribution is 2.30. The topological polar surface area (TPSA) is 150 Å². The zero-order chi connectivity index (χ0) is 25.1. The van der Waals surface area contributed by atoms with Gasteiger partial charge in [0.15, 0.2) is 18.0 Å². The molecule has 12 nitrogen and oxygen atoms in total. The highest BCUT2D eigenvalue weighted by Gasteiger charge is 2.53. The van der Waals surface area contributed by atoms with Crippen molar-refractivity contribution in [3.63, 3.8) is 0 Å². The summed E-state index contributed by atoms with van der Waals surface area (Å²) in [6.07, 6.45) is -5.35. The number of methoxy groups -OCH3 is 1. The predicted octanol–water partition coefficient (Wildman–Crippen LogP) is 0.596. The van der Waals surface area contributed by atoms with E-state index in [1.54, 1.807) is 6.92 Å². The van der Waals surface area contributed by atoms with Gasteiger partial charge in [-0.05, 0) is 0 Å². The maximum atomic E-state index is 12.1. The molecule has 0 radical (unpaired) electrons. The molecule has 0 aliphatic carbocycles. The van der Waals surface area contributed by atoms with Crippen molar-refractivity contribution in [1.82, 2.24) is 0 Å². The van der Waals surface area contributed by atoms with Crippen molar-refractivity contribution in [2.45, 2.75) is 71.7 Å². The molecule has 1 aliphatic heterocycles. The molecule has 0 aromatic rings. The smallest absolute Gasteiger partial charge is 0.303 e. The van der Waals surface area contributed by atoms with Crippen LogP contribution < -0.4 is 0 Å². The van der Waals surface area contributed by atoms with Crippen LogP contribution in [0.2, 0.25) is 0 Å². The molecule has 0 aromatic carbocycles. The molecule has 1 aliphatic rings. The van der Waals surface area contributed by atoms with Crippen LogP contribution in [0.1, 0.15) is 41.0 Å². The van der Waals surface area contributed by atoms with Crippen molar-refractivity contribution in [2.75, 3.05) is 20.3 Å². The molecule has 1 heterocycles. The third kappa shape index (κ3) is 9.18. The summed E-state index contributed by atoms with van der Waals surface area (Å²) in [4.78, 5) is 58.7. The number of hydrogen-bond acceptors (Lipinski definition) is 12. The van der Waals surface area contributed by atoms with Crippen molar-refractivity contribution in [1.29, 1.82) is 0 Å². The summed E-state index contributed by atoms with van der Waals surface area (Å²) in [6.45, 7) is 5.71. The van der Waals surface area contributed by atoms with Gasteiger partial charge in [0, 0.05) is 41.2 Å². The van der Waals surface area contributed by atoms with Crippen LogP contribution in [-0.4, -0.2) is 80.7 Å². The van der Waals surface area contributed by atoms with E-state index in [2.05, 4.69) is 0 Å². The van der Waals surface area contributed by atoms with Crippen LogP contribution in [0.15, 0.2) is 11.8 Å². The highest BCUT2D eigenvalue weighted by molar-refractivity contribution is 5.95. The number of rotatable bonds is 11. The SMILES string of the molecule is CCC(=O)/C(=C/O[C@@H]1O[C@H](COC(C)=O)[C@@H](OC(C)=O)[C@H](OC(C)=O)[C@H]1OC(C)=O)COC. The highest BCUT2D eigenvalue weighted by atomic mass is 16.7. The summed E-state index contributed by atoms with van der Waals surface area (Å²) >= 11 is 0. The monoisotopic (exact) mass is 474 g/mol. The second-order valence-electron chi connectivity index (χ2n) is 7.06. The summed E-state index contributed by atoms with van der Waals surface area (Å²) in [5.41, 5.74) is 0.174. The largest absolute Gasteiger partial charge is 0.468 e. The first-order chi connectivity index (χ1) is 15.5. The zero-order valence-electron chi connectivity index (χ0n) is 19.5. The van der Waals surface area contributed by atoms with Crippen molar-refractivity contribution < 1.29 is 57.1 Å². The molecule has 186 valence electrons. The van der Waals surface area contributed by atoms with Crippen LogP contribution in [-0.2, 0) is 57.1 Å². The molecule has 1 saturated heterocycles. The Hall–Kier alpha value is -2.99. The molecular formula is C21H30O12. The Bertz CT molecular complexity index is 758. The summed E-state index contributed by atoms with van der Waals surface area (Å²) in [6, 6.07) is 0. The molecule has 0 unspecified atom stereocenters. The lowest BCUT2D eigenvalue weighted by atomic mass is 9.98. The Kier molecular flexibility index (Phi) is 11.5. The van der Waals surface area contributed by atoms with Gasteiger partial charge in [-0.15, -0.1) is 0 Å². The molecule has 0 saturated carbocycles. The number of carbonyl (C=O) groups excluding carboxylic acids is 5. The van der Waals surface area contributed by atoms with Gasteiger partial charge < -0.3 is 33.2 Å².